The maximum atomic E-state index is 5.88. The number of imidazole rings is 1. The SMILES string of the molecule is Cc1cn2cc(C)nc2c(Cl)n1. The van der Waals surface area contributed by atoms with Crippen LogP contribution in [0.15, 0.2) is 12.4 Å². The van der Waals surface area contributed by atoms with Gasteiger partial charge in [-0.2, -0.15) is 0 Å². The van der Waals surface area contributed by atoms with Gasteiger partial charge in [-0.25, -0.2) is 9.97 Å². The van der Waals surface area contributed by atoms with Gasteiger partial charge in [0.25, 0.3) is 0 Å². The zero-order valence-corrected chi connectivity index (χ0v) is 7.63. The summed E-state index contributed by atoms with van der Waals surface area (Å²) in [7, 11) is 0. The Balaban J connectivity index is 2.88. The maximum Gasteiger partial charge on any atom is 0.175 e. The van der Waals surface area contributed by atoms with Gasteiger partial charge in [-0.1, -0.05) is 11.6 Å². The van der Waals surface area contributed by atoms with E-state index in [1.807, 2.05) is 30.6 Å². The van der Waals surface area contributed by atoms with Gasteiger partial charge in [0.15, 0.2) is 10.8 Å². The molecular weight excluding hydrogens is 174 g/mol. The number of hydrogen-bond acceptors (Lipinski definition) is 2. The molecule has 0 aliphatic heterocycles. The first-order valence-corrected chi connectivity index (χ1v) is 4.03. The van der Waals surface area contributed by atoms with E-state index in [9.17, 15) is 0 Å². The minimum atomic E-state index is 0.461. The van der Waals surface area contributed by atoms with Crippen molar-refractivity contribution in [3.05, 3.63) is 28.9 Å². The van der Waals surface area contributed by atoms with Gasteiger partial charge in [0.05, 0.1) is 11.4 Å². The van der Waals surface area contributed by atoms with Crippen molar-refractivity contribution in [1.29, 1.82) is 0 Å². The van der Waals surface area contributed by atoms with Crippen LogP contribution in [-0.4, -0.2) is 14.4 Å². The summed E-state index contributed by atoms with van der Waals surface area (Å²) in [4.78, 5) is 8.32. The van der Waals surface area contributed by atoms with Gasteiger partial charge in [-0.05, 0) is 13.8 Å². The first-order chi connectivity index (χ1) is 5.66. The molecule has 0 aromatic carbocycles. The molecule has 0 atom stereocenters. The second-order valence-electron chi connectivity index (χ2n) is 2.79. The lowest BCUT2D eigenvalue weighted by molar-refractivity contribution is 1.07. The van der Waals surface area contributed by atoms with Crippen LogP contribution >= 0.6 is 11.6 Å². The zero-order chi connectivity index (χ0) is 8.72. The van der Waals surface area contributed by atoms with E-state index in [4.69, 9.17) is 11.6 Å². The summed E-state index contributed by atoms with van der Waals surface area (Å²) in [6.45, 7) is 3.83. The summed E-state index contributed by atoms with van der Waals surface area (Å²) in [6, 6.07) is 0. The third-order valence-corrected chi connectivity index (χ3v) is 1.89. The second kappa shape index (κ2) is 2.45. The molecule has 0 saturated carbocycles. The highest BCUT2D eigenvalue weighted by Crippen LogP contribution is 2.14. The van der Waals surface area contributed by atoms with Crippen LogP contribution in [0.1, 0.15) is 11.4 Å². The van der Waals surface area contributed by atoms with Gasteiger partial charge in [-0.3, -0.25) is 0 Å². The topological polar surface area (TPSA) is 30.2 Å². The smallest absolute Gasteiger partial charge is 0.175 e. The molecule has 0 bridgehead atoms. The molecule has 0 fully saturated rings. The van der Waals surface area contributed by atoms with Crippen molar-refractivity contribution in [2.75, 3.05) is 0 Å². The molecule has 0 N–H and O–H groups in total. The standard InChI is InChI=1S/C8H8ClN3/c1-5-3-12-4-6(2)11-8(12)7(9)10-5/h3-4H,1-2H3. The van der Waals surface area contributed by atoms with Crippen LogP contribution in [0.2, 0.25) is 5.15 Å². The average molecular weight is 182 g/mol. The summed E-state index contributed by atoms with van der Waals surface area (Å²) >= 11 is 5.88. The third kappa shape index (κ3) is 1.06. The predicted octanol–water partition coefficient (Wildman–Crippen LogP) is 2.00. The van der Waals surface area contributed by atoms with Gasteiger partial charge < -0.3 is 4.40 Å². The van der Waals surface area contributed by atoms with E-state index >= 15 is 0 Å². The minimum absolute atomic E-state index is 0.461. The largest absolute Gasteiger partial charge is 0.302 e. The lowest BCUT2D eigenvalue weighted by Crippen LogP contribution is -1.90. The number of aromatic nitrogens is 3. The van der Waals surface area contributed by atoms with E-state index in [0.717, 1.165) is 17.0 Å². The molecule has 0 spiro atoms. The van der Waals surface area contributed by atoms with Gasteiger partial charge in [-0.15, -0.1) is 0 Å². The van der Waals surface area contributed by atoms with E-state index in [1.165, 1.54) is 0 Å². The molecule has 2 rings (SSSR count). The van der Waals surface area contributed by atoms with Crippen LogP contribution in [0.4, 0.5) is 0 Å². The van der Waals surface area contributed by atoms with Gasteiger partial charge >= 0.3 is 0 Å². The van der Waals surface area contributed by atoms with Gasteiger partial charge in [0, 0.05) is 12.4 Å². The number of fused-ring (bicyclic) bond motifs is 1. The minimum Gasteiger partial charge on any atom is -0.302 e. The molecule has 0 aliphatic carbocycles. The van der Waals surface area contributed by atoms with E-state index in [0.29, 0.717) is 5.15 Å². The molecule has 2 heterocycles. The monoisotopic (exact) mass is 181 g/mol. The van der Waals surface area contributed by atoms with E-state index in [-0.39, 0.29) is 0 Å². The summed E-state index contributed by atoms with van der Waals surface area (Å²) in [5, 5.41) is 0.461. The van der Waals surface area contributed by atoms with Crippen molar-refractivity contribution in [3.63, 3.8) is 0 Å². The predicted molar refractivity (Wildman–Crippen MR) is 47.5 cm³/mol. The highest BCUT2D eigenvalue weighted by Gasteiger charge is 2.03. The van der Waals surface area contributed by atoms with Crippen LogP contribution in [0.3, 0.4) is 0 Å². The van der Waals surface area contributed by atoms with Crippen molar-refractivity contribution in [2.45, 2.75) is 13.8 Å². The molecule has 3 nitrogen and oxygen atoms in total. The first kappa shape index (κ1) is 7.55. The molecule has 0 radical (unpaired) electrons. The Kier molecular flexibility index (Phi) is 1.54. The molecule has 0 saturated heterocycles. The van der Waals surface area contributed by atoms with E-state index in [1.54, 1.807) is 0 Å². The number of rotatable bonds is 0. The van der Waals surface area contributed by atoms with E-state index < -0.39 is 0 Å². The molecule has 0 unspecified atom stereocenters. The van der Waals surface area contributed by atoms with E-state index in [2.05, 4.69) is 9.97 Å². The van der Waals surface area contributed by atoms with Crippen LogP contribution < -0.4 is 0 Å². The first-order valence-electron chi connectivity index (χ1n) is 3.65. The maximum absolute atomic E-state index is 5.88. The normalized spacial score (nSPS) is 10.9. The Morgan fingerprint density at radius 1 is 1.17 bits per heavy atom. The van der Waals surface area contributed by atoms with Crippen molar-refractivity contribution < 1.29 is 0 Å². The van der Waals surface area contributed by atoms with Crippen LogP contribution in [0.5, 0.6) is 0 Å². The summed E-state index contributed by atoms with van der Waals surface area (Å²) in [5.74, 6) is 0. The fourth-order valence-electron chi connectivity index (χ4n) is 1.20. The van der Waals surface area contributed by atoms with Crippen molar-refractivity contribution in [2.24, 2.45) is 0 Å². The summed E-state index contributed by atoms with van der Waals surface area (Å²) in [6.07, 6.45) is 3.83. The van der Waals surface area contributed by atoms with Crippen LogP contribution in [-0.2, 0) is 0 Å². The molecule has 12 heavy (non-hydrogen) atoms. The molecule has 2 aromatic rings. The fourth-order valence-corrected chi connectivity index (χ4v) is 1.48. The summed E-state index contributed by atoms with van der Waals surface area (Å²) < 4.78 is 1.89. The lowest BCUT2D eigenvalue weighted by Gasteiger charge is -1.96. The summed E-state index contributed by atoms with van der Waals surface area (Å²) in [5.41, 5.74) is 2.56. The third-order valence-electron chi connectivity index (χ3n) is 1.64. The van der Waals surface area contributed by atoms with Gasteiger partial charge in [0.1, 0.15) is 0 Å². The molecule has 4 heteroatoms. The Morgan fingerprint density at radius 3 is 2.42 bits per heavy atom. The van der Waals surface area contributed by atoms with Crippen molar-refractivity contribution >= 4 is 17.2 Å². The Bertz CT molecular complexity index is 433. The molecule has 0 aliphatic rings. The second-order valence-corrected chi connectivity index (χ2v) is 3.14. The molecular formula is C8H8ClN3. The average Bonchev–Trinajstić information content (AvgIpc) is 2.29. The zero-order valence-electron chi connectivity index (χ0n) is 6.87. The molecule has 2 aromatic heterocycles. The Hall–Kier alpha value is -1.09. The van der Waals surface area contributed by atoms with Crippen LogP contribution in [0.25, 0.3) is 5.65 Å². The number of nitrogens with zero attached hydrogens (tertiary/aromatic N) is 3. The molecule has 0 amide bonds. The highest BCUT2D eigenvalue weighted by molar-refractivity contribution is 6.32. The number of hydrogen-bond donors (Lipinski definition) is 0. The van der Waals surface area contributed by atoms with Crippen LogP contribution in [0, 0.1) is 13.8 Å². The molecule has 62 valence electrons. The lowest BCUT2D eigenvalue weighted by atomic mass is 10.5. The highest BCUT2D eigenvalue weighted by atomic mass is 35.5. The number of aryl methyl sites for hydroxylation is 2. The van der Waals surface area contributed by atoms with Gasteiger partial charge in [0.2, 0.25) is 0 Å². The Morgan fingerprint density at radius 2 is 1.75 bits per heavy atom. The fraction of sp³-hybridized carbons (Fsp3) is 0.250. The van der Waals surface area contributed by atoms with Crippen molar-refractivity contribution in [3.8, 4) is 0 Å². The number of halogens is 1. The quantitative estimate of drug-likeness (QED) is 0.622. The Labute approximate surface area is 75.0 Å². The van der Waals surface area contributed by atoms with Crippen molar-refractivity contribution in [1.82, 2.24) is 14.4 Å².